The molecule has 0 fully saturated rings. The van der Waals surface area contributed by atoms with E-state index in [9.17, 15) is 19.8 Å². The van der Waals surface area contributed by atoms with Crippen LogP contribution in [-0.4, -0.2) is 34.7 Å². The van der Waals surface area contributed by atoms with E-state index in [1.165, 1.54) is 18.2 Å². The average molecular weight is 483 g/mol. The molecule has 0 unspecified atom stereocenters. The van der Waals surface area contributed by atoms with Gasteiger partial charge in [0.15, 0.2) is 17.3 Å². The standard InChI is InChI=1S/C29H38O6/c1-10-34-27(33)20-13-12-19(24(31)26(20)35-17(2)3)23(30)14-11-18-15-21(28(4,5)6)25(32)22(16-18)29(7,8)9/h11-17,31-32H,10H2,1-9H3/b14-11+. The fourth-order valence-corrected chi connectivity index (χ4v) is 3.65. The van der Waals surface area contributed by atoms with Gasteiger partial charge in [0.1, 0.15) is 11.3 Å². The second-order valence-electron chi connectivity index (χ2n) is 10.9. The number of carbonyl (C=O) groups excluding carboxylic acids is 2. The molecule has 2 N–H and O–H groups in total. The number of carbonyl (C=O) groups is 2. The quantitative estimate of drug-likeness (QED) is 0.264. The molecule has 190 valence electrons. The van der Waals surface area contributed by atoms with Crippen molar-refractivity contribution in [3.8, 4) is 17.2 Å². The van der Waals surface area contributed by atoms with Crippen molar-refractivity contribution < 1.29 is 29.3 Å². The first-order valence-electron chi connectivity index (χ1n) is 11.9. The van der Waals surface area contributed by atoms with E-state index < -0.39 is 17.5 Å². The van der Waals surface area contributed by atoms with Crippen LogP contribution in [0.2, 0.25) is 0 Å². The molecule has 0 saturated heterocycles. The maximum Gasteiger partial charge on any atom is 0.342 e. The Morgan fingerprint density at radius 3 is 1.89 bits per heavy atom. The van der Waals surface area contributed by atoms with E-state index in [1.54, 1.807) is 26.8 Å². The second-order valence-corrected chi connectivity index (χ2v) is 10.9. The lowest BCUT2D eigenvalue weighted by atomic mass is 9.78. The van der Waals surface area contributed by atoms with Crippen molar-refractivity contribution >= 4 is 17.8 Å². The molecular weight excluding hydrogens is 444 g/mol. The van der Waals surface area contributed by atoms with E-state index in [0.29, 0.717) is 0 Å². The summed E-state index contributed by atoms with van der Waals surface area (Å²) >= 11 is 0. The average Bonchev–Trinajstić information content (AvgIpc) is 2.72. The molecular formula is C29H38O6. The van der Waals surface area contributed by atoms with Gasteiger partial charge < -0.3 is 19.7 Å². The fraction of sp³-hybridized carbons (Fsp3) is 0.448. The predicted octanol–water partition coefficient (Wildman–Crippen LogP) is 6.55. The van der Waals surface area contributed by atoms with Crippen molar-refractivity contribution in [2.75, 3.05) is 6.61 Å². The summed E-state index contributed by atoms with van der Waals surface area (Å²) in [4.78, 5) is 25.4. The summed E-state index contributed by atoms with van der Waals surface area (Å²) in [5, 5.41) is 21.7. The van der Waals surface area contributed by atoms with Gasteiger partial charge >= 0.3 is 5.97 Å². The number of esters is 1. The highest BCUT2D eigenvalue weighted by atomic mass is 16.5. The van der Waals surface area contributed by atoms with Crippen LogP contribution < -0.4 is 4.74 Å². The van der Waals surface area contributed by atoms with Gasteiger partial charge in [0.2, 0.25) is 0 Å². The van der Waals surface area contributed by atoms with E-state index in [4.69, 9.17) is 9.47 Å². The Bertz CT molecular complexity index is 1090. The Morgan fingerprint density at radius 2 is 1.43 bits per heavy atom. The first-order valence-corrected chi connectivity index (χ1v) is 11.9. The molecule has 0 bridgehead atoms. The topological polar surface area (TPSA) is 93.1 Å². The number of phenols is 2. The van der Waals surface area contributed by atoms with E-state index in [1.807, 2.05) is 53.7 Å². The SMILES string of the molecule is CCOC(=O)c1ccc(C(=O)/C=C/c2cc(C(C)(C)C)c(O)c(C(C)(C)C)c2)c(O)c1OC(C)C. The Balaban J connectivity index is 2.54. The molecule has 0 heterocycles. The molecule has 0 atom stereocenters. The molecule has 2 rings (SSSR count). The number of allylic oxidation sites excluding steroid dienone is 1. The maximum absolute atomic E-state index is 13.0. The molecule has 0 aromatic heterocycles. The first kappa shape index (κ1) is 28.0. The van der Waals surface area contributed by atoms with Gasteiger partial charge in [-0.05, 0) is 67.5 Å². The minimum atomic E-state index is -0.637. The third kappa shape index (κ3) is 6.65. The number of phenolic OH excluding ortho intramolecular Hbond substituents is 2. The summed E-state index contributed by atoms with van der Waals surface area (Å²) in [6.45, 7) is 17.5. The van der Waals surface area contributed by atoms with Crippen molar-refractivity contribution in [2.45, 2.75) is 79.2 Å². The van der Waals surface area contributed by atoms with E-state index in [2.05, 4.69) is 0 Å². The Morgan fingerprint density at radius 1 is 0.914 bits per heavy atom. The van der Waals surface area contributed by atoms with Gasteiger partial charge in [-0.1, -0.05) is 47.6 Å². The van der Waals surface area contributed by atoms with Crippen molar-refractivity contribution in [1.82, 2.24) is 0 Å². The number of ketones is 1. The van der Waals surface area contributed by atoms with Gasteiger partial charge in [0, 0.05) is 11.1 Å². The lowest BCUT2D eigenvalue weighted by molar-refractivity contribution is 0.0518. The number of aromatic hydroxyl groups is 2. The summed E-state index contributed by atoms with van der Waals surface area (Å²) in [5.41, 5.74) is 1.78. The van der Waals surface area contributed by atoms with Gasteiger partial charge in [0.25, 0.3) is 0 Å². The lowest BCUT2D eigenvalue weighted by Gasteiger charge is -2.27. The van der Waals surface area contributed by atoms with Gasteiger partial charge in [0.05, 0.1) is 18.3 Å². The molecule has 0 amide bonds. The first-order chi connectivity index (χ1) is 16.1. The minimum Gasteiger partial charge on any atom is -0.507 e. The van der Waals surface area contributed by atoms with Crippen LogP contribution in [0.3, 0.4) is 0 Å². The molecule has 6 heteroatoms. The number of rotatable bonds is 7. The summed E-state index contributed by atoms with van der Waals surface area (Å²) in [6.07, 6.45) is 2.69. The van der Waals surface area contributed by atoms with Crippen LogP contribution in [0.15, 0.2) is 30.3 Å². The number of ether oxygens (including phenoxy) is 2. The molecule has 2 aromatic rings. The van der Waals surface area contributed by atoms with Crippen molar-refractivity contribution in [3.05, 3.63) is 58.2 Å². The van der Waals surface area contributed by atoms with E-state index >= 15 is 0 Å². The molecule has 6 nitrogen and oxygen atoms in total. The molecule has 0 radical (unpaired) electrons. The van der Waals surface area contributed by atoms with Crippen LogP contribution >= 0.6 is 0 Å². The zero-order valence-corrected chi connectivity index (χ0v) is 22.3. The van der Waals surface area contributed by atoms with Gasteiger partial charge in [-0.3, -0.25) is 4.79 Å². The molecule has 0 spiro atoms. The zero-order valence-electron chi connectivity index (χ0n) is 22.3. The van der Waals surface area contributed by atoms with Gasteiger partial charge in [-0.15, -0.1) is 0 Å². The van der Waals surface area contributed by atoms with Crippen LogP contribution in [0.25, 0.3) is 6.08 Å². The molecule has 0 aliphatic rings. The normalized spacial score (nSPS) is 12.3. The second kappa shape index (κ2) is 10.5. The van der Waals surface area contributed by atoms with Crippen LogP contribution in [-0.2, 0) is 15.6 Å². The number of hydrogen-bond acceptors (Lipinski definition) is 6. The van der Waals surface area contributed by atoms with Gasteiger partial charge in [-0.2, -0.15) is 0 Å². The molecule has 0 saturated carbocycles. The number of benzene rings is 2. The lowest BCUT2D eigenvalue weighted by Crippen LogP contribution is -2.17. The summed E-state index contributed by atoms with van der Waals surface area (Å²) in [6, 6.07) is 6.54. The Labute approximate surface area is 208 Å². The fourth-order valence-electron chi connectivity index (χ4n) is 3.65. The zero-order chi connectivity index (χ0) is 26.7. The summed E-state index contributed by atoms with van der Waals surface area (Å²) in [5.74, 6) is -1.31. The number of hydrogen-bond donors (Lipinski definition) is 2. The monoisotopic (exact) mass is 482 g/mol. The van der Waals surface area contributed by atoms with Gasteiger partial charge in [-0.25, -0.2) is 4.79 Å². The van der Waals surface area contributed by atoms with Crippen molar-refractivity contribution in [1.29, 1.82) is 0 Å². The van der Waals surface area contributed by atoms with E-state index in [0.717, 1.165) is 16.7 Å². The van der Waals surface area contributed by atoms with Crippen LogP contribution in [0.4, 0.5) is 0 Å². The maximum atomic E-state index is 13.0. The summed E-state index contributed by atoms with van der Waals surface area (Å²) in [7, 11) is 0. The molecule has 35 heavy (non-hydrogen) atoms. The molecule has 2 aromatic carbocycles. The highest BCUT2D eigenvalue weighted by Crippen LogP contribution is 2.40. The predicted molar refractivity (Wildman–Crippen MR) is 139 cm³/mol. The van der Waals surface area contributed by atoms with Crippen LogP contribution in [0.1, 0.15) is 99.7 Å². The smallest absolute Gasteiger partial charge is 0.342 e. The molecule has 0 aliphatic carbocycles. The van der Waals surface area contributed by atoms with Crippen molar-refractivity contribution in [3.63, 3.8) is 0 Å². The Kier molecular flexibility index (Phi) is 8.43. The molecule has 0 aliphatic heterocycles. The minimum absolute atomic E-state index is 0.0100. The largest absolute Gasteiger partial charge is 0.507 e. The van der Waals surface area contributed by atoms with Crippen LogP contribution in [0.5, 0.6) is 17.2 Å². The highest BCUT2D eigenvalue weighted by molar-refractivity contribution is 6.10. The Hall–Kier alpha value is -3.28. The van der Waals surface area contributed by atoms with Crippen LogP contribution in [0, 0.1) is 0 Å². The highest BCUT2D eigenvalue weighted by Gasteiger charge is 2.27. The third-order valence-corrected chi connectivity index (χ3v) is 5.42. The van der Waals surface area contributed by atoms with Crippen molar-refractivity contribution in [2.24, 2.45) is 0 Å². The van der Waals surface area contributed by atoms with E-state index in [-0.39, 0.29) is 46.2 Å². The summed E-state index contributed by atoms with van der Waals surface area (Å²) < 4.78 is 10.7. The third-order valence-electron chi connectivity index (χ3n) is 5.42.